The quantitative estimate of drug-likeness (QED) is 0.576. The van der Waals surface area contributed by atoms with E-state index in [2.05, 4.69) is 25.9 Å². The summed E-state index contributed by atoms with van der Waals surface area (Å²) in [5.41, 5.74) is 1.01. The molecule has 0 aliphatic rings. The molecule has 0 fully saturated rings. The number of rotatable bonds is 2. The molecule has 0 saturated heterocycles. The molecule has 1 aromatic rings. The van der Waals surface area contributed by atoms with Crippen LogP contribution in [0.15, 0.2) is 33.9 Å². The minimum absolute atomic E-state index is 1.01. The molecule has 0 aromatic heterocycles. The highest BCUT2D eigenvalue weighted by Gasteiger charge is 1.92. The summed E-state index contributed by atoms with van der Waals surface area (Å²) in [5.74, 6) is 0. The molecule has 0 atom stereocenters. The monoisotopic (exact) mass is 243 g/mol. The van der Waals surface area contributed by atoms with Crippen molar-refractivity contribution in [1.82, 2.24) is 0 Å². The summed E-state index contributed by atoms with van der Waals surface area (Å²) < 4.78 is 1.01. The Morgan fingerprint density at radius 2 is 1.92 bits per heavy atom. The number of halogens is 1. The highest BCUT2D eigenvalue weighted by molar-refractivity contribution is 9.10. The van der Waals surface area contributed by atoms with Crippen molar-refractivity contribution in [2.75, 3.05) is 7.11 Å². The molecule has 0 heterocycles. The molecule has 0 aliphatic carbocycles. The maximum Gasteiger partial charge on any atom is 0.106 e. The number of nitrogens with zero attached hydrogens (tertiary/aromatic N) is 1. The summed E-state index contributed by atoms with van der Waals surface area (Å²) in [4.78, 5) is 4.55. The normalized spacial score (nSPS) is 9.23. The van der Waals surface area contributed by atoms with Gasteiger partial charge < -0.3 is 4.84 Å². The van der Waals surface area contributed by atoms with E-state index in [1.54, 1.807) is 6.21 Å². The molecular formula is C10H14BrNO. The predicted molar refractivity (Wildman–Crippen MR) is 60.1 cm³/mol. The standard InChI is InChI=1S/C8H8BrNO.C2H6/c1-11-10-6-7-4-2-3-5-8(7)9;1-2/h2-6H,1H3;1-2H3/b10-6+;. The Morgan fingerprint density at radius 3 is 2.46 bits per heavy atom. The van der Waals surface area contributed by atoms with Crippen molar-refractivity contribution in [2.45, 2.75) is 13.8 Å². The molecule has 72 valence electrons. The van der Waals surface area contributed by atoms with Gasteiger partial charge in [-0.1, -0.05) is 53.1 Å². The van der Waals surface area contributed by atoms with E-state index in [1.807, 2.05) is 38.1 Å². The van der Waals surface area contributed by atoms with Crippen LogP contribution in [0.5, 0.6) is 0 Å². The van der Waals surface area contributed by atoms with Crippen LogP contribution in [0.4, 0.5) is 0 Å². The molecule has 0 aliphatic heterocycles. The van der Waals surface area contributed by atoms with E-state index >= 15 is 0 Å². The molecule has 1 aromatic carbocycles. The topological polar surface area (TPSA) is 21.6 Å². The lowest BCUT2D eigenvalue weighted by Gasteiger charge is -1.94. The first-order valence-electron chi connectivity index (χ1n) is 4.15. The molecule has 2 nitrogen and oxygen atoms in total. The lowest BCUT2D eigenvalue weighted by molar-refractivity contribution is 0.215. The molecule has 13 heavy (non-hydrogen) atoms. The second-order valence-corrected chi connectivity index (χ2v) is 2.79. The van der Waals surface area contributed by atoms with Crippen molar-refractivity contribution < 1.29 is 4.84 Å². The van der Waals surface area contributed by atoms with Gasteiger partial charge in [-0.3, -0.25) is 0 Å². The average Bonchev–Trinajstić information content (AvgIpc) is 2.20. The first-order chi connectivity index (χ1) is 6.34. The van der Waals surface area contributed by atoms with Gasteiger partial charge in [-0.2, -0.15) is 0 Å². The van der Waals surface area contributed by atoms with Crippen molar-refractivity contribution in [3.63, 3.8) is 0 Å². The van der Waals surface area contributed by atoms with Crippen molar-refractivity contribution in [3.8, 4) is 0 Å². The van der Waals surface area contributed by atoms with Gasteiger partial charge in [0.1, 0.15) is 7.11 Å². The van der Waals surface area contributed by atoms with Crippen LogP contribution in [0.2, 0.25) is 0 Å². The van der Waals surface area contributed by atoms with Gasteiger partial charge >= 0.3 is 0 Å². The van der Waals surface area contributed by atoms with E-state index < -0.39 is 0 Å². The van der Waals surface area contributed by atoms with Gasteiger partial charge in [-0.15, -0.1) is 0 Å². The third-order valence-corrected chi connectivity index (χ3v) is 1.92. The van der Waals surface area contributed by atoms with Gasteiger partial charge in [0.25, 0.3) is 0 Å². The van der Waals surface area contributed by atoms with Crippen molar-refractivity contribution >= 4 is 22.1 Å². The molecule has 0 bridgehead atoms. The summed E-state index contributed by atoms with van der Waals surface area (Å²) in [6.07, 6.45) is 1.66. The Bertz CT molecular complexity index is 261. The third kappa shape index (κ3) is 4.68. The largest absolute Gasteiger partial charge is 0.399 e. The number of hydrogen-bond acceptors (Lipinski definition) is 2. The molecule has 0 radical (unpaired) electrons. The van der Waals surface area contributed by atoms with Gasteiger partial charge in [0, 0.05) is 10.0 Å². The van der Waals surface area contributed by atoms with E-state index in [-0.39, 0.29) is 0 Å². The van der Waals surface area contributed by atoms with E-state index in [9.17, 15) is 0 Å². The van der Waals surface area contributed by atoms with Crippen LogP contribution in [-0.2, 0) is 4.84 Å². The van der Waals surface area contributed by atoms with E-state index in [0.717, 1.165) is 10.0 Å². The Labute approximate surface area is 87.7 Å². The first kappa shape index (κ1) is 12.2. The average molecular weight is 244 g/mol. The van der Waals surface area contributed by atoms with Crippen molar-refractivity contribution in [1.29, 1.82) is 0 Å². The lowest BCUT2D eigenvalue weighted by atomic mass is 10.2. The highest BCUT2D eigenvalue weighted by Crippen LogP contribution is 2.13. The Morgan fingerprint density at radius 1 is 1.31 bits per heavy atom. The van der Waals surface area contributed by atoms with Gasteiger partial charge in [0.15, 0.2) is 0 Å². The minimum atomic E-state index is 1.01. The fraction of sp³-hybridized carbons (Fsp3) is 0.300. The summed E-state index contributed by atoms with van der Waals surface area (Å²) in [5, 5.41) is 3.65. The second kappa shape index (κ2) is 7.80. The number of oxime groups is 1. The Balaban J connectivity index is 0.000000671. The maximum absolute atomic E-state index is 4.55. The molecule has 3 heteroatoms. The van der Waals surface area contributed by atoms with E-state index in [1.165, 1.54) is 7.11 Å². The van der Waals surface area contributed by atoms with Crippen LogP contribution in [0.1, 0.15) is 19.4 Å². The molecule has 0 unspecified atom stereocenters. The Kier molecular flexibility index (Phi) is 7.30. The maximum atomic E-state index is 4.55. The Hall–Kier alpha value is -0.830. The molecule has 0 saturated carbocycles. The predicted octanol–water partition coefficient (Wildman–Crippen LogP) is 3.46. The highest BCUT2D eigenvalue weighted by atomic mass is 79.9. The van der Waals surface area contributed by atoms with Crippen LogP contribution in [-0.4, -0.2) is 13.3 Å². The van der Waals surface area contributed by atoms with Gasteiger partial charge in [0.2, 0.25) is 0 Å². The smallest absolute Gasteiger partial charge is 0.106 e. The fourth-order valence-corrected chi connectivity index (χ4v) is 1.08. The van der Waals surface area contributed by atoms with Crippen LogP contribution >= 0.6 is 15.9 Å². The van der Waals surface area contributed by atoms with Crippen LogP contribution in [0.25, 0.3) is 0 Å². The summed E-state index contributed by atoms with van der Waals surface area (Å²) in [6, 6.07) is 7.81. The molecule has 0 spiro atoms. The number of hydrogen-bond donors (Lipinski definition) is 0. The van der Waals surface area contributed by atoms with Crippen LogP contribution in [0.3, 0.4) is 0 Å². The summed E-state index contributed by atoms with van der Waals surface area (Å²) in [7, 11) is 1.52. The van der Waals surface area contributed by atoms with Gasteiger partial charge in [0.05, 0.1) is 6.21 Å². The van der Waals surface area contributed by atoms with Gasteiger partial charge in [-0.05, 0) is 6.07 Å². The lowest BCUT2D eigenvalue weighted by Crippen LogP contribution is -1.82. The second-order valence-electron chi connectivity index (χ2n) is 1.94. The summed E-state index contributed by atoms with van der Waals surface area (Å²) in [6.45, 7) is 4.00. The first-order valence-corrected chi connectivity index (χ1v) is 4.95. The zero-order valence-electron chi connectivity index (χ0n) is 8.12. The zero-order chi connectivity index (χ0) is 10.1. The summed E-state index contributed by atoms with van der Waals surface area (Å²) >= 11 is 3.38. The zero-order valence-corrected chi connectivity index (χ0v) is 9.71. The SMILES string of the molecule is CC.CO/N=C/c1ccccc1Br. The molecular weight excluding hydrogens is 230 g/mol. The van der Waals surface area contributed by atoms with E-state index in [4.69, 9.17) is 0 Å². The molecule has 0 amide bonds. The minimum Gasteiger partial charge on any atom is -0.399 e. The van der Waals surface area contributed by atoms with Gasteiger partial charge in [-0.25, -0.2) is 0 Å². The molecule has 0 N–H and O–H groups in total. The van der Waals surface area contributed by atoms with Crippen molar-refractivity contribution in [2.24, 2.45) is 5.16 Å². The van der Waals surface area contributed by atoms with E-state index in [0.29, 0.717) is 0 Å². The number of benzene rings is 1. The third-order valence-electron chi connectivity index (χ3n) is 1.20. The fourth-order valence-electron chi connectivity index (χ4n) is 0.689. The molecule has 1 rings (SSSR count). The van der Waals surface area contributed by atoms with Crippen LogP contribution in [0, 0.1) is 0 Å². The van der Waals surface area contributed by atoms with Crippen molar-refractivity contribution in [3.05, 3.63) is 34.3 Å². The van der Waals surface area contributed by atoms with Crippen LogP contribution < -0.4 is 0 Å².